The monoisotopic (exact) mass is 255 g/mol. The smallest absolute Gasteiger partial charge is 0.241 e. The molecule has 1 aromatic rings. The Hall–Kier alpha value is -1.92. The minimum Gasteiger partial charge on any atom is -0.368 e. The summed E-state index contributed by atoms with van der Waals surface area (Å²) >= 11 is 0. The molecule has 0 fully saturated rings. The fourth-order valence-corrected chi connectivity index (χ4v) is 1.43. The maximum absolute atomic E-state index is 13.6. The van der Waals surface area contributed by atoms with Gasteiger partial charge in [-0.05, 0) is 6.42 Å². The average molecular weight is 255 g/mol. The first-order valence-electron chi connectivity index (χ1n) is 5.68. The number of nitrogen functional groups attached to an aromatic ring is 1. The summed E-state index contributed by atoms with van der Waals surface area (Å²) in [6, 6.07) is 0. The Kier molecular flexibility index (Phi) is 4.82. The molecular weight excluding hydrogens is 237 g/mol. The number of anilines is 2. The summed E-state index contributed by atoms with van der Waals surface area (Å²) in [6.45, 7) is 2.52. The van der Waals surface area contributed by atoms with Crippen molar-refractivity contribution in [2.75, 3.05) is 37.8 Å². The topological polar surface area (TPSA) is 75.4 Å². The first-order chi connectivity index (χ1) is 8.45. The van der Waals surface area contributed by atoms with Crippen LogP contribution >= 0.6 is 0 Å². The molecule has 1 heterocycles. The Labute approximate surface area is 106 Å². The summed E-state index contributed by atoms with van der Waals surface area (Å²) in [7, 11) is 3.30. The molecule has 2 N–H and O–H groups in total. The fourth-order valence-electron chi connectivity index (χ4n) is 1.43. The van der Waals surface area contributed by atoms with Crippen LogP contribution in [0.15, 0.2) is 6.20 Å². The van der Waals surface area contributed by atoms with Crippen LogP contribution in [-0.2, 0) is 4.79 Å². The van der Waals surface area contributed by atoms with Gasteiger partial charge in [-0.1, -0.05) is 6.92 Å². The van der Waals surface area contributed by atoms with Crippen molar-refractivity contribution in [2.45, 2.75) is 13.3 Å². The summed E-state index contributed by atoms with van der Waals surface area (Å²) in [5, 5.41) is 0. The molecule has 18 heavy (non-hydrogen) atoms. The average Bonchev–Trinajstić information content (AvgIpc) is 2.31. The highest BCUT2D eigenvalue weighted by molar-refractivity contribution is 5.80. The van der Waals surface area contributed by atoms with Crippen molar-refractivity contribution >= 4 is 17.7 Å². The lowest BCUT2D eigenvalue weighted by Gasteiger charge is -2.24. The molecule has 1 rings (SSSR count). The van der Waals surface area contributed by atoms with Crippen LogP contribution in [-0.4, -0.2) is 48.0 Å². The Morgan fingerprint density at radius 1 is 1.50 bits per heavy atom. The fraction of sp³-hybridized carbons (Fsp3) is 0.545. The number of rotatable bonds is 5. The number of halogens is 1. The summed E-state index contributed by atoms with van der Waals surface area (Å²) in [5.41, 5.74) is 5.44. The van der Waals surface area contributed by atoms with E-state index < -0.39 is 5.82 Å². The van der Waals surface area contributed by atoms with Gasteiger partial charge < -0.3 is 15.5 Å². The quantitative estimate of drug-likeness (QED) is 0.829. The van der Waals surface area contributed by atoms with E-state index in [0.29, 0.717) is 6.54 Å². The van der Waals surface area contributed by atoms with Gasteiger partial charge in [-0.25, -0.2) is 9.37 Å². The Morgan fingerprint density at radius 3 is 2.72 bits per heavy atom. The lowest BCUT2D eigenvalue weighted by atomic mass is 10.3. The molecule has 0 radical (unpaired) electrons. The number of carbonyl (C=O) groups is 1. The number of nitrogens with zero attached hydrogens (tertiary/aromatic N) is 4. The maximum atomic E-state index is 13.6. The van der Waals surface area contributed by atoms with Crippen molar-refractivity contribution in [2.24, 2.45) is 0 Å². The van der Waals surface area contributed by atoms with Crippen molar-refractivity contribution < 1.29 is 9.18 Å². The highest BCUT2D eigenvalue weighted by Gasteiger charge is 2.17. The third-order valence-corrected chi connectivity index (χ3v) is 2.36. The van der Waals surface area contributed by atoms with Crippen molar-refractivity contribution in [1.29, 1.82) is 0 Å². The molecule has 0 bridgehead atoms. The van der Waals surface area contributed by atoms with E-state index in [1.54, 1.807) is 19.0 Å². The van der Waals surface area contributed by atoms with E-state index >= 15 is 0 Å². The third-order valence-electron chi connectivity index (χ3n) is 2.36. The predicted octanol–water partition coefficient (Wildman–Crippen LogP) is 0.503. The van der Waals surface area contributed by atoms with Gasteiger partial charge in [-0.15, -0.1) is 0 Å². The molecule has 0 aliphatic rings. The molecule has 1 aromatic heterocycles. The van der Waals surface area contributed by atoms with Gasteiger partial charge >= 0.3 is 0 Å². The van der Waals surface area contributed by atoms with Crippen molar-refractivity contribution in [1.82, 2.24) is 14.9 Å². The van der Waals surface area contributed by atoms with Crippen LogP contribution in [0.3, 0.4) is 0 Å². The van der Waals surface area contributed by atoms with Crippen LogP contribution < -0.4 is 10.6 Å². The number of amides is 1. The SMILES string of the molecule is CCCN(CC(=O)N(C)C)c1nc(N)ncc1F. The maximum Gasteiger partial charge on any atom is 0.241 e. The van der Waals surface area contributed by atoms with Crippen molar-refractivity contribution in [3.8, 4) is 0 Å². The molecule has 100 valence electrons. The van der Waals surface area contributed by atoms with E-state index in [1.165, 1.54) is 4.90 Å². The zero-order chi connectivity index (χ0) is 13.7. The second-order valence-corrected chi connectivity index (χ2v) is 4.11. The van der Waals surface area contributed by atoms with Gasteiger partial charge in [0.15, 0.2) is 11.6 Å². The van der Waals surface area contributed by atoms with Gasteiger partial charge in [0.05, 0.1) is 12.7 Å². The molecule has 0 spiro atoms. The van der Waals surface area contributed by atoms with Crippen LogP contribution in [0.4, 0.5) is 16.2 Å². The number of likely N-dealkylation sites (N-methyl/N-ethyl adjacent to an activating group) is 1. The Balaban J connectivity index is 2.96. The molecule has 0 saturated heterocycles. The van der Waals surface area contributed by atoms with E-state index in [0.717, 1.165) is 12.6 Å². The summed E-state index contributed by atoms with van der Waals surface area (Å²) < 4.78 is 13.6. The lowest BCUT2D eigenvalue weighted by Crippen LogP contribution is -2.38. The van der Waals surface area contributed by atoms with Gasteiger partial charge in [0.25, 0.3) is 0 Å². The standard InChI is InChI=1S/C11H18FN5O/c1-4-5-17(7-9(18)16(2)3)10-8(12)6-14-11(13)15-10/h6H,4-5,7H2,1-3H3,(H2,13,14,15). The Bertz CT molecular complexity index is 424. The van der Waals surface area contributed by atoms with Gasteiger partial charge in [0, 0.05) is 20.6 Å². The number of aromatic nitrogens is 2. The number of hydrogen-bond acceptors (Lipinski definition) is 5. The van der Waals surface area contributed by atoms with Crippen molar-refractivity contribution in [3.63, 3.8) is 0 Å². The molecule has 0 aliphatic carbocycles. The first-order valence-corrected chi connectivity index (χ1v) is 5.68. The van der Waals surface area contributed by atoms with E-state index in [1.807, 2.05) is 6.92 Å². The predicted molar refractivity (Wildman–Crippen MR) is 67.6 cm³/mol. The molecule has 0 aliphatic heterocycles. The van der Waals surface area contributed by atoms with Gasteiger partial charge in [-0.2, -0.15) is 4.98 Å². The molecule has 0 aromatic carbocycles. The zero-order valence-corrected chi connectivity index (χ0v) is 10.9. The lowest BCUT2D eigenvalue weighted by molar-refractivity contribution is -0.127. The molecule has 0 atom stereocenters. The van der Waals surface area contributed by atoms with E-state index in [2.05, 4.69) is 9.97 Å². The summed E-state index contributed by atoms with van der Waals surface area (Å²) in [5.74, 6) is -0.645. The second-order valence-electron chi connectivity index (χ2n) is 4.11. The van der Waals surface area contributed by atoms with E-state index in [4.69, 9.17) is 5.73 Å². The summed E-state index contributed by atoms with van der Waals surface area (Å²) in [6.07, 6.45) is 1.78. The van der Waals surface area contributed by atoms with E-state index in [9.17, 15) is 9.18 Å². The van der Waals surface area contributed by atoms with Crippen LogP contribution in [0.25, 0.3) is 0 Å². The highest BCUT2D eigenvalue weighted by Crippen LogP contribution is 2.16. The molecule has 0 unspecified atom stereocenters. The van der Waals surface area contributed by atoms with Crippen molar-refractivity contribution in [3.05, 3.63) is 12.0 Å². The molecule has 1 amide bonds. The first kappa shape index (κ1) is 14.1. The van der Waals surface area contributed by atoms with Crippen LogP contribution in [0.1, 0.15) is 13.3 Å². The normalized spacial score (nSPS) is 10.2. The number of carbonyl (C=O) groups excluding carboxylic acids is 1. The molecule has 6 nitrogen and oxygen atoms in total. The second kappa shape index (κ2) is 6.13. The minimum atomic E-state index is -0.579. The van der Waals surface area contributed by atoms with Crippen LogP contribution in [0, 0.1) is 5.82 Å². The van der Waals surface area contributed by atoms with Gasteiger partial charge in [0.2, 0.25) is 11.9 Å². The molecule has 7 heteroatoms. The Morgan fingerprint density at radius 2 is 2.17 bits per heavy atom. The molecular formula is C11H18FN5O. The zero-order valence-electron chi connectivity index (χ0n) is 10.9. The number of nitrogens with two attached hydrogens (primary N) is 1. The minimum absolute atomic E-state index is 0.00944. The van der Waals surface area contributed by atoms with Crippen LogP contribution in [0.2, 0.25) is 0 Å². The molecule has 0 saturated carbocycles. The van der Waals surface area contributed by atoms with Gasteiger partial charge in [-0.3, -0.25) is 4.79 Å². The number of hydrogen-bond donors (Lipinski definition) is 1. The largest absolute Gasteiger partial charge is 0.368 e. The van der Waals surface area contributed by atoms with Crippen LogP contribution in [0.5, 0.6) is 0 Å². The third kappa shape index (κ3) is 3.54. The summed E-state index contributed by atoms with van der Waals surface area (Å²) in [4.78, 5) is 22.1. The highest BCUT2D eigenvalue weighted by atomic mass is 19.1. The van der Waals surface area contributed by atoms with E-state index in [-0.39, 0.29) is 24.2 Å². The van der Waals surface area contributed by atoms with Gasteiger partial charge in [0.1, 0.15) is 0 Å².